The molecule has 2 rings (SSSR count). The van der Waals surface area contributed by atoms with Crippen molar-refractivity contribution in [3.05, 3.63) is 11.4 Å². The summed E-state index contributed by atoms with van der Waals surface area (Å²) in [5, 5.41) is 1.48. The smallest absolute Gasteiger partial charge is 0.134 e. The van der Waals surface area contributed by atoms with Crippen molar-refractivity contribution in [1.29, 1.82) is 0 Å². The predicted octanol–water partition coefficient (Wildman–Crippen LogP) is 2.76. The summed E-state index contributed by atoms with van der Waals surface area (Å²) in [6.45, 7) is 9.12. The van der Waals surface area contributed by atoms with E-state index in [4.69, 9.17) is 10.5 Å². The molecule has 5 heteroatoms. The maximum absolute atomic E-state index is 5.97. The molecule has 0 radical (unpaired) electrons. The van der Waals surface area contributed by atoms with Crippen molar-refractivity contribution in [2.24, 2.45) is 0 Å². The third-order valence-electron chi connectivity index (χ3n) is 3.24. The lowest BCUT2D eigenvalue weighted by atomic mass is 10.2. The number of nitrogens with zero attached hydrogens (tertiary/aromatic N) is 2. The number of hydrogen-bond donors (Lipinski definition) is 1. The van der Waals surface area contributed by atoms with E-state index in [9.17, 15) is 0 Å². The fourth-order valence-corrected chi connectivity index (χ4v) is 3.11. The molecule has 0 saturated carbocycles. The van der Waals surface area contributed by atoms with Crippen LogP contribution in [0.25, 0.3) is 0 Å². The molecule has 2 atom stereocenters. The van der Waals surface area contributed by atoms with Crippen molar-refractivity contribution in [2.75, 3.05) is 12.3 Å². The van der Waals surface area contributed by atoms with Gasteiger partial charge in [0.25, 0.3) is 0 Å². The second kappa shape index (κ2) is 5.45. The number of nitrogen functional groups attached to an aromatic ring is 1. The van der Waals surface area contributed by atoms with Gasteiger partial charge in [0.15, 0.2) is 0 Å². The molecule has 1 fully saturated rings. The topological polar surface area (TPSA) is 61.0 Å². The molecule has 1 aliphatic rings. The van der Waals surface area contributed by atoms with Crippen molar-refractivity contribution < 1.29 is 4.74 Å². The number of aromatic nitrogens is 2. The number of ether oxygens (including phenoxy) is 1. The average Bonchev–Trinajstić information content (AvgIpc) is 2.70. The highest BCUT2D eigenvalue weighted by Gasteiger charge is 2.27. The van der Waals surface area contributed by atoms with Gasteiger partial charge in [-0.25, -0.2) is 9.97 Å². The first-order valence-corrected chi connectivity index (χ1v) is 7.29. The van der Waals surface area contributed by atoms with E-state index >= 15 is 0 Å². The first kappa shape index (κ1) is 13.6. The lowest BCUT2D eigenvalue weighted by Gasteiger charge is -2.16. The first-order chi connectivity index (χ1) is 8.49. The zero-order valence-corrected chi connectivity index (χ0v) is 12.3. The molecule has 2 unspecified atom stereocenters. The van der Waals surface area contributed by atoms with Crippen molar-refractivity contribution in [3.63, 3.8) is 0 Å². The van der Waals surface area contributed by atoms with Crippen LogP contribution in [0.2, 0.25) is 0 Å². The lowest BCUT2D eigenvalue weighted by Crippen LogP contribution is -2.15. The van der Waals surface area contributed by atoms with E-state index in [-0.39, 0.29) is 6.10 Å². The molecular weight excluding hydrogens is 246 g/mol. The molecule has 0 amide bonds. The van der Waals surface area contributed by atoms with Crippen molar-refractivity contribution >= 4 is 17.6 Å². The van der Waals surface area contributed by atoms with Crippen molar-refractivity contribution in [2.45, 2.75) is 56.4 Å². The zero-order valence-electron chi connectivity index (χ0n) is 11.4. The highest BCUT2D eigenvalue weighted by atomic mass is 32.2. The van der Waals surface area contributed by atoms with Gasteiger partial charge in [0.1, 0.15) is 16.7 Å². The van der Waals surface area contributed by atoms with Gasteiger partial charge in [-0.3, -0.25) is 0 Å². The first-order valence-electron chi connectivity index (χ1n) is 6.41. The molecular formula is C13H21N3OS. The highest BCUT2D eigenvalue weighted by molar-refractivity contribution is 8.00. The maximum atomic E-state index is 5.97. The van der Waals surface area contributed by atoms with Crippen LogP contribution in [0.3, 0.4) is 0 Å². The summed E-state index contributed by atoms with van der Waals surface area (Å²) in [6, 6.07) is 0. The second-order valence-electron chi connectivity index (χ2n) is 5.07. The molecule has 0 bridgehead atoms. The normalized spacial score (nSPS) is 23.8. The van der Waals surface area contributed by atoms with Crippen molar-refractivity contribution in [1.82, 2.24) is 9.97 Å². The molecule has 0 aliphatic carbocycles. The van der Waals surface area contributed by atoms with Gasteiger partial charge >= 0.3 is 0 Å². The number of rotatable bonds is 3. The van der Waals surface area contributed by atoms with Crippen LogP contribution in [-0.2, 0) is 4.74 Å². The van der Waals surface area contributed by atoms with Crippen LogP contribution in [0, 0.1) is 6.92 Å². The Morgan fingerprint density at radius 2 is 2.11 bits per heavy atom. The molecule has 4 nitrogen and oxygen atoms in total. The molecule has 1 aromatic rings. The van der Waals surface area contributed by atoms with Gasteiger partial charge in [-0.05, 0) is 20.3 Å². The predicted molar refractivity (Wildman–Crippen MR) is 74.9 cm³/mol. The maximum Gasteiger partial charge on any atom is 0.134 e. The summed E-state index contributed by atoms with van der Waals surface area (Å²) < 4.78 is 5.59. The summed E-state index contributed by atoms with van der Waals surface area (Å²) >= 11 is 1.78. The summed E-state index contributed by atoms with van der Waals surface area (Å²) in [5.41, 5.74) is 6.96. The van der Waals surface area contributed by atoms with Gasteiger partial charge in [0.05, 0.1) is 6.10 Å². The molecule has 100 valence electrons. The Kier molecular flexibility index (Phi) is 4.12. The summed E-state index contributed by atoms with van der Waals surface area (Å²) in [5.74, 6) is 1.72. The van der Waals surface area contributed by atoms with E-state index in [0.29, 0.717) is 17.0 Å². The zero-order chi connectivity index (χ0) is 13.3. The van der Waals surface area contributed by atoms with Gasteiger partial charge in [0, 0.05) is 23.3 Å². The van der Waals surface area contributed by atoms with Crippen LogP contribution >= 0.6 is 11.8 Å². The Labute approximate surface area is 113 Å². The Hall–Kier alpha value is -0.810. The van der Waals surface area contributed by atoms with Crippen LogP contribution in [0.1, 0.15) is 44.5 Å². The number of thioether (sulfide) groups is 1. The molecule has 18 heavy (non-hydrogen) atoms. The van der Waals surface area contributed by atoms with E-state index in [1.54, 1.807) is 11.8 Å². The van der Waals surface area contributed by atoms with Crippen LogP contribution in [0.15, 0.2) is 5.03 Å². The van der Waals surface area contributed by atoms with E-state index in [1.807, 2.05) is 6.92 Å². The molecule has 2 heterocycles. The fraction of sp³-hybridized carbons (Fsp3) is 0.692. The Morgan fingerprint density at radius 1 is 1.39 bits per heavy atom. The highest BCUT2D eigenvalue weighted by Crippen LogP contribution is 2.34. The van der Waals surface area contributed by atoms with E-state index in [1.165, 1.54) is 0 Å². The molecule has 0 aromatic carbocycles. The Bertz CT molecular complexity index is 436. The van der Waals surface area contributed by atoms with Crippen LogP contribution in [0.4, 0.5) is 5.82 Å². The second-order valence-corrected chi connectivity index (χ2v) is 6.30. The van der Waals surface area contributed by atoms with Gasteiger partial charge in [-0.2, -0.15) is 0 Å². The fourth-order valence-electron chi connectivity index (χ4n) is 1.91. The minimum Gasteiger partial charge on any atom is -0.383 e. The Balaban J connectivity index is 2.25. The van der Waals surface area contributed by atoms with E-state index in [2.05, 4.69) is 30.7 Å². The number of hydrogen-bond acceptors (Lipinski definition) is 5. The molecule has 2 N–H and O–H groups in total. The van der Waals surface area contributed by atoms with E-state index in [0.717, 1.165) is 29.4 Å². The van der Waals surface area contributed by atoms with Gasteiger partial charge < -0.3 is 10.5 Å². The standard InChI is InChI=1S/C13H21N3OS/c1-7(2)12-15-11(14)8(3)13(16-12)18-10-5-6-17-9(10)4/h7,9-10H,5-6H2,1-4H3,(H2,14,15,16). The SMILES string of the molecule is Cc1c(N)nc(C(C)C)nc1SC1CCOC1C. The van der Waals surface area contributed by atoms with Gasteiger partial charge in [0.2, 0.25) is 0 Å². The minimum atomic E-state index is 0.285. The minimum absolute atomic E-state index is 0.285. The van der Waals surface area contributed by atoms with Gasteiger partial charge in [-0.15, -0.1) is 0 Å². The van der Waals surface area contributed by atoms with Crippen LogP contribution in [-0.4, -0.2) is 27.9 Å². The lowest BCUT2D eigenvalue weighted by molar-refractivity contribution is 0.127. The Morgan fingerprint density at radius 3 is 2.67 bits per heavy atom. The number of nitrogens with two attached hydrogens (primary N) is 1. The average molecular weight is 267 g/mol. The summed E-state index contributed by atoms with van der Waals surface area (Å²) in [7, 11) is 0. The largest absolute Gasteiger partial charge is 0.383 e. The van der Waals surface area contributed by atoms with Crippen LogP contribution in [0.5, 0.6) is 0 Å². The molecule has 0 spiro atoms. The summed E-state index contributed by atoms with van der Waals surface area (Å²) in [4.78, 5) is 9.00. The quantitative estimate of drug-likeness (QED) is 0.853. The summed E-state index contributed by atoms with van der Waals surface area (Å²) in [6.07, 6.45) is 1.36. The van der Waals surface area contributed by atoms with E-state index < -0.39 is 0 Å². The molecule has 1 aliphatic heterocycles. The van der Waals surface area contributed by atoms with Gasteiger partial charge in [-0.1, -0.05) is 25.6 Å². The molecule has 1 saturated heterocycles. The number of anilines is 1. The monoisotopic (exact) mass is 267 g/mol. The third kappa shape index (κ3) is 2.78. The third-order valence-corrected chi connectivity index (χ3v) is 4.78. The van der Waals surface area contributed by atoms with Crippen LogP contribution < -0.4 is 5.73 Å². The molecule has 1 aromatic heterocycles. The van der Waals surface area contributed by atoms with Crippen molar-refractivity contribution in [3.8, 4) is 0 Å².